The van der Waals surface area contributed by atoms with Crippen molar-refractivity contribution in [1.82, 2.24) is 4.23 Å². The molecule has 0 aliphatic rings. The molecule has 2 aromatic rings. The molecule has 23 heavy (non-hydrogen) atoms. The van der Waals surface area contributed by atoms with Crippen molar-refractivity contribution in [2.45, 2.75) is 58.2 Å². The molecule has 0 bridgehead atoms. The molecule has 1 aromatic heterocycles. The summed E-state index contributed by atoms with van der Waals surface area (Å²) in [5, 5.41) is 12.0. The van der Waals surface area contributed by atoms with Crippen LogP contribution in [0.1, 0.15) is 41.5 Å². The van der Waals surface area contributed by atoms with Crippen molar-refractivity contribution < 1.29 is 4.92 Å². The largest absolute Gasteiger partial charge is 0.372 e. The van der Waals surface area contributed by atoms with Crippen LogP contribution in [0.3, 0.4) is 0 Å². The molecule has 0 aliphatic heterocycles. The summed E-state index contributed by atoms with van der Waals surface area (Å²) in [5.74, 6) is 0. The van der Waals surface area contributed by atoms with Gasteiger partial charge in [-0.2, -0.15) is 0 Å². The minimum absolute atomic E-state index is 0.141. The van der Waals surface area contributed by atoms with Gasteiger partial charge in [-0.15, -0.1) is 0 Å². The maximum absolute atomic E-state index is 11.1. The smallest absolute Gasteiger partial charge is 0.270 e. The Kier molecular flexibility index (Phi) is 5.06. The van der Waals surface area contributed by atoms with Crippen LogP contribution in [0.5, 0.6) is 0 Å². The van der Waals surface area contributed by atoms with E-state index < -0.39 is 8.24 Å². The lowest BCUT2D eigenvalue weighted by Crippen LogP contribution is -2.51. The molecule has 4 nitrogen and oxygen atoms in total. The fourth-order valence-electron chi connectivity index (χ4n) is 4.45. The van der Waals surface area contributed by atoms with E-state index in [1.165, 1.54) is 0 Å². The van der Waals surface area contributed by atoms with Gasteiger partial charge in [0, 0.05) is 33.7 Å². The first-order chi connectivity index (χ1) is 10.6. The van der Waals surface area contributed by atoms with Crippen molar-refractivity contribution in [2.75, 3.05) is 0 Å². The summed E-state index contributed by atoms with van der Waals surface area (Å²) in [4.78, 5) is 10.7. The van der Waals surface area contributed by atoms with Gasteiger partial charge in [0.15, 0.2) is 8.24 Å². The molecule has 0 unspecified atom stereocenters. The van der Waals surface area contributed by atoms with Gasteiger partial charge in [-0.3, -0.25) is 10.1 Å². The van der Waals surface area contributed by atoms with Gasteiger partial charge in [0.2, 0.25) is 0 Å². The van der Waals surface area contributed by atoms with Gasteiger partial charge in [-0.25, -0.2) is 0 Å². The summed E-state index contributed by atoms with van der Waals surface area (Å²) in [5.41, 5.74) is 2.95. The van der Waals surface area contributed by atoms with E-state index in [4.69, 9.17) is 0 Å². The number of nitrogens with zero attached hydrogens (tertiary/aromatic N) is 2. The number of rotatable bonds is 5. The maximum Gasteiger partial charge on any atom is 0.270 e. The van der Waals surface area contributed by atoms with Gasteiger partial charge in [0.25, 0.3) is 5.69 Å². The zero-order chi connectivity index (χ0) is 17.5. The first-order valence-corrected chi connectivity index (χ1v) is 11.1. The van der Waals surface area contributed by atoms with Crippen LogP contribution in [-0.4, -0.2) is 17.4 Å². The number of non-ortho nitro benzene ring substituents is 1. The third kappa shape index (κ3) is 2.76. The van der Waals surface area contributed by atoms with Gasteiger partial charge < -0.3 is 4.23 Å². The molecule has 1 heterocycles. The number of fused-ring (bicyclic) bond motifs is 1. The van der Waals surface area contributed by atoms with Crippen LogP contribution in [0.2, 0.25) is 16.6 Å². The number of halogens is 1. The van der Waals surface area contributed by atoms with E-state index in [1.54, 1.807) is 12.1 Å². The van der Waals surface area contributed by atoms with Gasteiger partial charge in [0.05, 0.1) is 4.92 Å². The van der Waals surface area contributed by atoms with Gasteiger partial charge >= 0.3 is 0 Å². The zero-order valence-corrected chi connectivity index (χ0v) is 17.2. The molecule has 6 heteroatoms. The number of hydrogen-bond donors (Lipinski definition) is 0. The fourth-order valence-corrected chi connectivity index (χ4v) is 11.8. The Balaban J connectivity index is 2.82. The van der Waals surface area contributed by atoms with E-state index in [0.29, 0.717) is 16.6 Å². The lowest BCUT2D eigenvalue weighted by Gasteiger charge is -2.44. The van der Waals surface area contributed by atoms with Crippen LogP contribution in [-0.2, 0) is 0 Å². The van der Waals surface area contributed by atoms with E-state index in [1.807, 2.05) is 6.07 Å². The second-order valence-electron chi connectivity index (χ2n) is 7.16. The van der Waals surface area contributed by atoms with E-state index >= 15 is 0 Å². The normalized spacial score (nSPS) is 12.8. The lowest BCUT2D eigenvalue weighted by atomic mass is 10.2. The Labute approximate surface area is 147 Å². The Morgan fingerprint density at radius 2 is 1.61 bits per heavy atom. The lowest BCUT2D eigenvalue weighted by molar-refractivity contribution is -0.384. The first-order valence-electron chi connectivity index (χ1n) is 8.09. The van der Waals surface area contributed by atoms with Gasteiger partial charge in [-0.1, -0.05) is 41.5 Å². The summed E-state index contributed by atoms with van der Waals surface area (Å²) in [7, 11) is -1.88. The van der Waals surface area contributed by atoms with E-state index in [-0.39, 0.29) is 10.6 Å². The van der Waals surface area contributed by atoms with Crippen LogP contribution in [0.4, 0.5) is 5.69 Å². The molecule has 126 valence electrons. The number of aromatic nitrogens is 1. The molecule has 0 saturated heterocycles. The molecule has 0 N–H and O–H groups in total. The molecule has 0 saturated carbocycles. The Morgan fingerprint density at radius 3 is 2.04 bits per heavy atom. The average Bonchev–Trinajstić information content (AvgIpc) is 2.75. The van der Waals surface area contributed by atoms with Crippen molar-refractivity contribution in [3.63, 3.8) is 0 Å². The van der Waals surface area contributed by atoms with Crippen molar-refractivity contribution in [3.05, 3.63) is 39.0 Å². The van der Waals surface area contributed by atoms with Crippen LogP contribution in [0, 0.1) is 10.1 Å². The highest BCUT2D eigenvalue weighted by molar-refractivity contribution is 9.10. The Bertz CT molecular complexity index is 716. The van der Waals surface area contributed by atoms with Crippen LogP contribution in [0.15, 0.2) is 28.9 Å². The van der Waals surface area contributed by atoms with E-state index in [0.717, 1.165) is 15.4 Å². The summed E-state index contributed by atoms with van der Waals surface area (Å²) in [6.45, 7) is 13.9. The molecule has 0 amide bonds. The average molecular weight is 397 g/mol. The number of hydrogen-bond acceptors (Lipinski definition) is 2. The molecular weight excluding hydrogens is 372 g/mol. The maximum atomic E-state index is 11.1. The third-order valence-electron chi connectivity index (χ3n) is 5.14. The second kappa shape index (κ2) is 6.40. The topological polar surface area (TPSA) is 48.1 Å². The zero-order valence-electron chi connectivity index (χ0n) is 14.6. The summed E-state index contributed by atoms with van der Waals surface area (Å²) in [6.07, 6.45) is 2.15. The summed E-state index contributed by atoms with van der Waals surface area (Å²) in [6, 6.07) is 5.20. The quantitative estimate of drug-likeness (QED) is 0.336. The predicted molar refractivity (Wildman–Crippen MR) is 103 cm³/mol. The van der Waals surface area contributed by atoms with E-state index in [9.17, 15) is 10.1 Å². The number of nitro groups is 1. The highest BCUT2D eigenvalue weighted by Crippen LogP contribution is 2.45. The third-order valence-corrected chi connectivity index (χ3v) is 12.5. The monoisotopic (exact) mass is 396 g/mol. The fraction of sp³-hybridized carbons (Fsp3) is 0.529. The number of nitro benzene ring substituents is 1. The van der Waals surface area contributed by atoms with Crippen LogP contribution >= 0.6 is 15.9 Å². The van der Waals surface area contributed by atoms with Crippen molar-refractivity contribution >= 4 is 40.8 Å². The molecule has 0 aliphatic carbocycles. The van der Waals surface area contributed by atoms with Crippen LogP contribution in [0.25, 0.3) is 10.9 Å². The van der Waals surface area contributed by atoms with Gasteiger partial charge in [-0.05, 0) is 38.6 Å². The molecule has 2 rings (SSSR count). The first kappa shape index (κ1) is 18.2. The molecule has 0 fully saturated rings. The van der Waals surface area contributed by atoms with Crippen molar-refractivity contribution in [2.24, 2.45) is 0 Å². The van der Waals surface area contributed by atoms with Gasteiger partial charge in [0.1, 0.15) is 0 Å². The summed E-state index contributed by atoms with van der Waals surface area (Å²) < 4.78 is 3.41. The SMILES string of the molecule is CC(C)[Si](C(C)C)(C(C)C)n1cc(Br)c2cc([N+](=O)[O-])ccc21. The highest BCUT2D eigenvalue weighted by Gasteiger charge is 2.46. The molecule has 0 atom stereocenters. The van der Waals surface area contributed by atoms with Crippen LogP contribution < -0.4 is 0 Å². The Hall–Kier alpha value is -1.14. The number of benzene rings is 1. The highest BCUT2D eigenvalue weighted by atomic mass is 79.9. The molecular formula is C17H25BrN2O2Si. The van der Waals surface area contributed by atoms with E-state index in [2.05, 4.69) is 67.9 Å². The minimum Gasteiger partial charge on any atom is -0.372 e. The Morgan fingerprint density at radius 1 is 1.09 bits per heavy atom. The second-order valence-corrected chi connectivity index (χ2v) is 13.7. The van der Waals surface area contributed by atoms with Crippen molar-refractivity contribution in [3.8, 4) is 0 Å². The molecule has 1 aromatic carbocycles. The molecule has 0 spiro atoms. The standard InChI is InChI=1S/C17H25BrN2O2Si/c1-11(2)23(12(3)4,13(5)6)19-10-16(18)15-9-14(20(21)22)7-8-17(15)19/h7-13H,1-6H3. The minimum atomic E-state index is -1.88. The summed E-state index contributed by atoms with van der Waals surface area (Å²) >= 11 is 3.62. The predicted octanol–water partition coefficient (Wildman–Crippen LogP) is 6.34. The van der Waals surface area contributed by atoms with Crippen molar-refractivity contribution in [1.29, 1.82) is 0 Å². The molecule has 0 radical (unpaired) electrons.